The zero-order chi connectivity index (χ0) is 14.9. The fourth-order valence-corrected chi connectivity index (χ4v) is 1.82. The molecule has 0 atom stereocenters. The van der Waals surface area contributed by atoms with Gasteiger partial charge in [-0.25, -0.2) is 0 Å². The predicted octanol–water partition coefficient (Wildman–Crippen LogP) is 4.21. The Morgan fingerprint density at radius 1 is 0.800 bits per heavy atom. The maximum atomic E-state index is 10.3. The van der Waals surface area contributed by atoms with E-state index in [2.05, 4.69) is 30.4 Å². The maximum Gasteiger partial charge on any atom is 0.303 e. The van der Waals surface area contributed by atoms with Gasteiger partial charge in [0.15, 0.2) is 0 Å². The van der Waals surface area contributed by atoms with Gasteiger partial charge in [-0.3, -0.25) is 4.79 Å². The van der Waals surface area contributed by atoms with Crippen molar-refractivity contribution in [2.75, 3.05) is 6.54 Å². The SMILES string of the molecule is NC/C=C\C/C=C\C/C=C\CCCCCCCC(=O)O. The van der Waals surface area contributed by atoms with Gasteiger partial charge in [0.1, 0.15) is 0 Å². The Morgan fingerprint density at radius 2 is 1.35 bits per heavy atom. The summed E-state index contributed by atoms with van der Waals surface area (Å²) < 4.78 is 0. The zero-order valence-electron chi connectivity index (χ0n) is 12.5. The van der Waals surface area contributed by atoms with Crippen molar-refractivity contribution in [3.63, 3.8) is 0 Å². The van der Waals surface area contributed by atoms with Gasteiger partial charge in [-0.05, 0) is 32.1 Å². The van der Waals surface area contributed by atoms with E-state index in [0.717, 1.165) is 38.5 Å². The van der Waals surface area contributed by atoms with Crippen LogP contribution in [-0.2, 0) is 4.79 Å². The molecule has 0 aromatic carbocycles. The summed E-state index contributed by atoms with van der Waals surface area (Å²) in [4.78, 5) is 10.3. The molecule has 0 aromatic rings. The number of hydrogen-bond donors (Lipinski definition) is 2. The molecule has 0 amide bonds. The molecule has 0 aliphatic heterocycles. The molecule has 114 valence electrons. The first-order chi connectivity index (χ1) is 9.77. The fraction of sp³-hybridized carbons (Fsp3) is 0.588. The van der Waals surface area contributed by atoms with E-state index in [1.165, 1.54) is 12.8 Å². The van der Waals surface area contributed by atoms with Crippen LogP contribution in [0.2, 0.25) is 0 Å². The van der Waals surface area contributed by atoms with Crippen molar-refractivity contribution in [3.8, 4) is 0 Å². The summed E-state index contributed by atoms with van der Waals surface area (Å²) in [5.41, 5.74) is 5.34. The number of carboxylic acids is 1. The molecular formula is C17H29NO2. The second-order valence-electron chi connectivity index (χ2n) is 4.82. The molecule has 20 heavy (non-hydrogen) atoms. The van der Waals surface area contributed by atoms with E-state index in [0.29, 0.717) is 13.0 Å². The van der Waals surface area contributed by atoms with E-state index in [1.807, 2.05) is 6.08 Å². The van der Waals surface area contributed by atoms with Gasteiger partial charge < -0.3 is 10.8 Å². The number of aliphatic carboxylic acids is 1. The normalized spacial score (nSPS) is 12.1. The first-order valence-electron chi connectivity index (χ1n) is 7.64. The van der Waals surface area contributed by atoms with Crippen molar-refractivity contribution in [1.82, 2.24) is 0 Å². The van der Waals surface area contributed by atoms with Gasteiger partial charge in [0.2, 0.25) is 0 Å². The summed E-state index contributed by atoms with van der Waals surface area (Å²) in [5, 5.41) is 8.49. The van der Waals surface area contributed by atoms with Crippen molar-refractivity contribution < 1.29 is 9.90 Å². The van der Waals surface area contributed by atoms with Gasteiger partial charge in [0, 0.05) is 13.0 Å². The van der Waals surface area contributed by atoms with Crippen molar-refractivity contribution in [1.29, 1.82) is 0 Å². The Hall–Kier alpha value is -1.35. The van der Waals surface area contributed by atoms with Crippen LogP contribution in [0.5, 0.6) is 0 Å². The standard InChI is InChI=1S/C17H29NO2/c18-16-14-12-10-8-6-4-2-1-3-5-7-9-11-13-15-17(19)20/h1-2,6,8,12,14H,3-5,7,9-11,13,15-16,18H2,(H,19,20)/b2-1-,8-6-,14-12-. The quantitative estimate of drug-likeness (QED) is 0.392. The number of nitrogens with two attached hydrogens (primary N) is 1. The lowest BCUT2D eigenvalue weighted by molar-refractivity contribution is -0.137. The first-order valence-corrected chi connectivity index (χ1v) is 7.64. The average molecular weight is 279 g/mol. The Bertz CT molecular complexity index is 306. The highest BCUT2D eigenvalue weighted by Gasteiger charge is 1.95. The van der Waals surface area contributed by atoms with Crippen LogP contribution in [0.15, 0.2) is 36.5 Å². The van der Waals surface area contributed by atoms with Crippen LogP contribution in [-0.4, -0.2) is 17.6 Å². The van der Waals surface area contributed by atoms with E-state index in [4.69, 9.17) is 10.8 Å². The highest BCUT2D eigenvalue weighted by Crippen LogP contribution is 2.07. The van der Waals surface area contributed by atoms with E-state index >= 15 is 0 Å². The van der Waals surface area contributed by atoms with E-state index in [1.54, 1.807) is 0 Å². The second-order valence-corrected chi connectivity index (χ2v) is 4.82. The van der Waals surface area contributed by atoms with Gasteiger partial charge in [-0.1, -0.05) is 55.7 Å². The molecule has 0 fully saturated rings. The summed E-state index contributed by atoms with van der Waals surface area (Å²) in [5.74, 6) is -0.681. The van der Waals surface area contributed by atoms with Crippen molar-refractivity contribution in [3.05, 3.63) is 36.5 Å². The lowest BCUT2D eigenvalue weighted by atomic mass is 10.1. The van der Waals surface area contributed by atoms with Gasteiger partial charge >= 0.3 is 5.97 Å². The lowest BCUT2D eigenvalue weighted by Crippen LogP contribution is -1.93. The van der Waals surface area contributed by atoms with Crippen molar-refractivity contribution in [2.24, 2.45) is 5.73 Å². The van der Waals surface area contributed by atoms with Gasteiger partial charge in [0.05, 0.1) is 0 Å². The third-order valence-electron chi connectivity index (χ3n) is 2.94. The molecule has 0 bridgehead atoms. The minimum atomic E-state index is -0.681. The Morgan fingerprint density at radius 3 is 2.00 bits per heavy atom. The van der Waals surface area contributed by atoms with Crippen molar-refractivity contribution in [2.45, 2.75) is 57.8 Å². The van der Waals surface area contributed by atoms with Crippen molar-refractivity contribution >= 4 is 5.97 Å². The minimum absolute atomic E-state index is 0.312. The number of unbranched alkanes of at least 4 members (excludes halogenated alkanes) is 5. The molecule has 0 rings (SSSR count). The Labute approximate surface area is 123 Å². The van der Waals surface area contributed by atoms with Gasteiger partial charge in [-0.15, -0.1) is 0 Å². The third kappa shape index (κ3) is 16.6. The van der Waals surface area contributed by atoms with E-state index in [-0.39, 0.29) is 0 Å². The van der Waals surface area contributed by atoms with Crippen LogP contribution in [0.1, 0.15) is 57.8 Å². The largest absolute Gasteiger partial charge is 0.481 e. The number of allylic oxidation sites excluding steroid dienone is 5. The molecule has 0 saturated heterocycles. The summed E-state index contributed by atoms with van der Waals surface area (Å²) in [6, 6.07) is 0. The summed E-state index contributed by atoms with van der Waals surface area (Å²) in [6.07, 6.45) is 21.6. The lowest BCUT2D eigenvalue weighted by Gasteiger charge is -1.98. The second kappa shape index (κ2) is 15.7. The van der Waals surface area contributed by atoms with Gasteiger partial charge in [0.25, 0.3) is 0 Å². The van der Waals surface area contributed by atoms with Crippen LogP contribution < -0.4 is 5.73 Å². The molecule has 0 saturated carbocycles. The van der Waals surface area contributed by atoms with Crippen LogP contribution in [0, 0.1) is 0 Å². The minimum Gasteiger partial charge on any atom is -0.481 e. The summed E-state index contributed by atoms with van der Waals surface area (Å²) >= 11 is 0. The number of hydrogen-bond acceptors (Lipinski definition) is 2. The van der Waals surface area contributed by atoms with E-state index < -0.39 is 5.97 Å². The highest BCUT2D eigenvalue weighted by atomic mass is 16.4. The van der Waals surface area contributed by atoms with Crippen LogP contribution >= 0.6 is 0 Å². The number of carboxylic acid groups (broad SMARTS) is 1. The molecule has 0 aliphatic carbocycles. The van der Waals surface area contributed by atoms with Crippen LogP contribution in [0.25, 0.3) is 0 Å². The molecule has 3 heteroatoms. The summed E-state index contributed by atoms with van der Waals surface area (Å²) in [7, 11) is 0. The number of rotatable bonds is 13. The molecule has 0 radical (unpaired) electrons. The molecule has 0 aliphatic rings. The van der Waals surface area contributed by atoms with Gasteiger partial charge in [-0.2, -0.15) is 0 Å². The predicted molar refractivity (Wildman–Crippen MR) is 85.7 cm³/mol. The molecular weight excluding hydrogens is 250 g/mol. The molecule has 0 aromatic heterocycles. The average Bonchev–Trinajstić information content (AvgIpc) is 2.43. The molecule has 3 nitrogen and oxygen atoms in total. The zero-order valence-corrected chi connectivity index (χ0v) is 12.5. The Kier molecular flexibility index (Phi) is 14.6. The molecule has 0 heterocycles. The monoisotopic (exact) mass is 279 g/mol. The van der Waals surface area contributed by atoms with Crippen LogP contribution in [0.4, 0.5) is 0 Å². The topological polar surface area (TPSA) is 63.3 Å². The number of carbonyl (C=O) groups is 1. The summed E-state index contributed by atoms with van der Waals surface area (Å²) in [6.45, 7) is 0.615. The van der Waals surface area contributed by atoms with Crippen LogP contribution in [0.3, 0.4) is 0 Å². The fourth-order valence-electron chi connectivity index (χ4n) is 1.82. The molecule has 3 N–H and O–H groups in total. The maximum absolute atomic E-state index is 10.3. The Balaban J connectivity index is 3.23. The third-order valence-corrected chi connectivity index (χ3v) is 2.94. The molecule has 0 spiro atoms. The first kappa shape index (κ1) is 18.7. The smallest absolute Gasteiger partial charge is 0.303 e. The highest BCUT2D eigenvalue weighted by molar-refractivity contribution is 5.66. The van der Waals surface area contributed by atoms with E-state index in [9.17, 15) is 4.79 Å². The molecule has 0 unspecified atom stereocenters.